The quantitative estimate of drug-likeness (QED) is 0.618. The lowest BCUT2D eigenvalue weighted by Gasteiger charge is -2.25. The fraction of sp³-hybridized carbons (Fsp3) is 0.182. The van der Waals surface area contributed by atoms with E-state index in [1.807, 2.05) is 72.4 Å². The van der Waals surface area contributed by atoms with Crippen LogP contribution in [0.25, 0.3) is 0 Å². The standard InChI is InChI=1S/C22H20F2N4/c1-25-13-27(19-9-5-3-7-17(19)25)21-12-22(16(24)11-15(21)23)28-14-26(2)18-8-4-6-10-20(18)28/h3-12H,13-14H2,1-2H3. The predicted molar refractivity (Wildman–Crippen MR) is 110 cm³/mol. The summed E-state index contributed by atoms with van der Waals surface area (Å²) in [5.74, 6) is -1.13. The molecule has 4 nitrogen and oxygen atoms in total. The summed E-state index contributed by atoms with van der Waals surface area (Å²) in [7, 11) is 3.93. The first kappa shape index (κ1) is 16.9. The molecule has 28 heavy (non-hydrogen) atoms. The van der Waals surface area contributed by atoms with Crippen molar-refractivity contribution in [2.75, 3.05) is 47.0 Å². The van der Waals surface area contributed by atoms with E-state index < -0.39 is 11.6 Å². The predicted octanol–water partition coefficient (Wildman–Crippen LogP) is 5.06. The van der Waals surface area contributed by atoms with E-state index in [0.717, 1.165) is 28.8 Å². The molecule has 5 rings (SSSR count). The molecule has 3 aromatic rings. The van der Waals surface area contributed by atoms with Crippen molar-refractivity contribution in [3.8, 4) is 0 Å². The Morgan fingerprint density at radius 2 is 0.964 bits per heavy atom. The van der Waals surface area contributed by atoms with Crippen LogP contribution in [0, 0.1) is 11.6 Å². The highest BCUT2D eigenvalue weighted by molar-refractivity contribution is 5.86. The second-order valence-corrected chi connectivity index (χ2v) is 7.27. The van der Waals surface area contributed by atoms with E-state index in [2.05, 4.69) is 9.80 Å². The Morgan fingerprint density at radius 1 is 0.571 bits per heavy atom. The van der Waals surface area contributed by atoms with Crippen LogP contribution in [0.4, 0.5) is 42.9 Å². The van der Waals surface area contributed by atoms with Gasteiger partial charge in [-0.05, 0) is 30.3 Å². The maximum absolute atomic E-state index is 14.8. The molecule has 0 saturated heterocycles. The highest BCUT2D eigenvalue weighted by Crippen LogP contribution is 2.45. The zero-order valence-corrected chi connectivity index (χ0v) is 15.7. The average Bonchev–Trinajstić information content (AvgIpc) is 3.20. The number of benzene rings is 3. The summed E-state index contributed by atoms with van der Waals surface area (Å²) in [6, 6.07) is 18.3. The third-order valence-electron chi connectivity index (χ3n) is 5.47. The fourth-order valence-corrected chi connectivity index (χ4v) is 4.11. The summed E-state index contributed by atoms with van der Waals surface area (Å²) < 4.78 is 29.7. The number of fused-ring (bicyclic) bond motifs is 2. The molecule has 0 N–H and O–H groups in total. The van der Waals surface area contributed by atoms with Crippen LogP contribution in [0.3, 0.4) is 0 Å². The number of hydrogen-bond acceptors (Lipinski definition) is 4. The van der Waals surface area contributed by atoms with E-state index in [-0.39, 0.29) is 0 Å². The molecule has 142 valence electrons. The summed E-state index contributed by atoms with van der Waals surface area (Å²) >= 11 is 0. The van der Waals surface area contributed by atoms with Gasteiger partial charge in [0.15, 0.2) is 0 Å². The normalized spacial score (nSPS) is 15.3. The van der Waals surface area contributed by atoms with Gasteiger partial charge in [-0.1, -0.05) is 24.3 Å². The molecule has 0 fully saturated rings. The molecule has 0 aromatic heterocycles. The largest absolute Gasteiger partial charge is 0.355 e. The summed E-state index contributed by atoms with van der Waals surface area (Å²) in [6.45, 7) is 1.02. The highest BCUT2D eigenvalue weighted by atomic mass is 19.1. The van der Waals surface area contributed by atoms with Gasteiger partial charge < -0.3 is 19.6 Å². The third-order valence-corrected chi connectivity index (χ3v) is 5.47. The van der Waals surface area contributed by atoms with Gasteiger partial charge in [0.1, 0.15) is 11.6 Å². The fourth-order valence-electron chi connectivity index (χ4n) is 4.11. The molecule has 3 aromatic carbocycles. The Morgan fingerprint density at radius 3 is 1.39 bits per heavy atom. The molecule has 0 amide bonds. The van der Waals surface area contributed by atoms with Gasteiger partial charge in [0, 0.05) is 20.2 Å². The molecule has 0 spiro atoms. The molecule has 6 heteroatoms. The van der Waals surface area contributed by atoms with Crippen LogP contribution in [0.2, 0.25) is 0 Å². The number of anilines is 6. The van der Waals surface area contributed by atoms with Crippen LogP contribution < -0.4 is 19.6 Å². The van der Waals surface area contributed by atoms with Crippen molar-refractivity contribution in [2.24, 2.45) is 0 Å². The van der Waals surface area contributed by atoms with E-state index in [1.54, 1.807) is 6.07 Å². The molecule has 0 bridgehead atoms. The Labute approximate surface area is 162 Å². The van der Waals surface area contributed by atoms with Crippen LogP contribution in [0.1, 0.15) is 0 Å². The minimum Gasteiger partial charge on any atom is -0.355 e. The van der Waals surface area contributed by atoms with Crippen molar-refractivity contribution in [3.63, 3.8) is 0 Å². The summed E-state index contributed by atoms with van der Waals surface area (Å²) in [5.41, 5.74) is 4.64. The second kappa shape index (κ2) is 6.12. The van der Waals surface area contributed by atoms with Gasteiger partial charge in [-0.25, -0.2) is 8.78 Å². The lowest BCUT2D eigenvalue weighted by Crippen LogP contribution is -2.27. The Bertz CT molecular complexity index is 987. The van der Waals surface area contributed by atoms with Gasteiger partial charge in [-0.15, -0.1) is 0 Å². The van der Waals surface area contributed by atoms with Gasteiger partial charge in [0.05, 0.1) is 47.5 Å². The Kier molecular flexibility index (Phi) is 3.69. The van der Waals surface area contributed by atoms with E-state index in [4.69, 9.17) is 0 Å². The van der Waals surface area contributed by atoms with Gasteiger partial charge in [-0.3, -0.25) is 0 Å². The number of halogens is 2. The molecular formula is C22H20F2N4. The zero-order chi connectivity index (χ0) is 19.4. The van der Waals surface area contributed by atoms with Crippen LogP contribution in [-0.2, 0) is 0 Å². The van der Waals surface area contributed by atoms with Crippen molar-refractivity contribution in [1.29, 1.82) is 0 Å². The second-order valence-electron chi connectivity index (χ2n) is 7.27. The number of rotatable bonds is 2. The molecular weight excluding hydrogens is 358 g/mol. The van der Waals surface area contributed by atoms with E-state index >= 15 is 0 Å². The monoisotopic (exact) mass is 378 g/mol. The zero-order valence-electron chi connectivity index (χ0n) is 15.7. The SMILES string of the molecule is CN1CN(c2cc(N3CN(C)c4ccccc43)c(F)cc2F)c2ccccc21. The molecule has 0 atom stereocenters. The minimum absolute atomic E-state index is 0.375. The smallest absolute Gasteiger partial charge is 0.149 e. The van der Waals surface area contributed by atoms with Crippen LogP contribution in [0.5, 0.6) is 0 Å². The van der Waals surface area contributed by atoms with E-state index in [1.165, 1.54) is 0 Å². The maximum atomic E-state index is 14.8. The van der Waals surface area contributed by atoms with Crippen LogP contribution in [-0.4, -0.2) is 27.4 Å². The first-order chi connectivity index (χ1) is 13.5. The number of nitrogens with zero attached hydrogens (tertiary/aromatic N) is 4. The molecule has 2 aliphatic heterocycles. The first-order valence-corrected chi connectivity index (χ1v) is 9.19. The topological polar surface area (TPSA) is 13.0 Å². The first-order valence-electron chi connectivity index (χ1n) is 9.19. The lowest BCUT2D eigenvalue weighted by molar-refractivity contribution is 0.582. The number of hydrogen-bond donors (Lipinski definition) is 0. The lowest BCUT2D eigenvalue weighted by atomic mass is 10.2. The Balaban J connectivity index is 1.62. The van der Waals surface area contributed by atoms with Gasteiger partial charge >= 0.3 is 0 Å². The average molecular weight is 378 g/mol. The van der Waals surface area contributed by atoms with Gasteiger partial charge in [0.2, 0.25) is 0 Å². The Hall–Kier alpha value is -3.28. The highest BCUT2D eigenvalue weighted by Gasteiger charge is 2.30. The van der Waals surface area contributed by atoms with E-state index in [0.29, 0.717) is 24.7 Å². The molecule has 0 aliphatic carbocycles. The summed E-state index contributed by atoms with van der Waals surface area (Å²) in [6.07, 6.45) is 0. The van der Waals surface area contributed by atoms with Crippen molar-refractivity contribution in [2.45, 2.75) is 0 Å². The summed E-state index contributed by atoms with van der Waals surface area (Å²) in [5, 5.41) is 0. The van der Waals surface area contributed by atoms with Crippen molar-refractivity contribution in [3.05, 3.63) is 72.3 Å². The summed E-state index contributed by atoms with van der Waals surface area (Å²) in [4.78, 5) is 7.88. The number of para-hydroxylation sites is 4. The molecule has 2 heterocycles. The van der Waals surface area contributed by atoms with E-state index in [9.17, 15) is 8.78 Å². The van der Waals surface area contributed by atoms with Gasteiger partial charge in [-0.2, -0.15) is 0 Å². The van der Waals surface area contributed by atoms with Crippen LogP contribution >= 0.6 is 0 Å². The molecule has 2 aliphatic rings. The minimum atomic E-state index is -0.563. The molecule has 0 saturated carbocycles. The van der Waals surface area contributed by atoms with Crippen molar-refractivity contribution in [1.82, 2.24) is 0 Å². The van der Waals surface area contributed by atoms with Crippen LogP contribution in [0.15, 0.2) is 60.7 Å². The third kappa shape index (κ3) is 2.41. The van der Waals surface area contributed by atoms with Gasteiger partial charge in [0.25, 0.3) is 0 Å². The molecule has 0 radical (unpaired) electrons. The van der Waals surface area contributed by atoms with Crippen molar-refractivity contribution < 1.29 is 8.78 Å². The molecule has 0 unspecified atom stereocenters. The van der Waals surface area contributed by atoms with Crippen molar-refractivity contribution >= 4 is 34.1 Å². The maximum Gasteiger partial charge on any atom is 0.149 e.